The minimum atomic E-state index is -0.388. The molecule has 0 bridgehead atoms. The predicted octanol–water partition coefficient (Wildman–Crippen LogP) is 2.69. The lowest BCUT2D eigenvalue weighted by Crippen LogP contribution is -2.03. The van der Waals surface area contributed by atoms with E-state index in [1.807, 2.05) is 0 Å². The van der Waals surface area contributed by atoms with Crippen molar-refractivity contribution in [1.29, 1.82) is 0 Å². The zero-order valence-electron chi connectivity index (χ0n) is 12.1. The van der Waals surface area contributed by atoms with E-state index in [1.165, 1.54) is 31.4 Å². The molecule has 3 aromatic rings. The topological polar surface area (TPSA) is 97.0 Å². The van der Waals surface area contributed by atoms with Gasteiger partial charge in [-0.25, -0.2) is 0 Å². The molecule has 2 N–H and O–H groups in total. The zero-order chi connectivity index (χ0) is 16.6. The fraction of sp³-hybridized carbons (Fsp3) is 0.0588. The van der Waals surface area contributed by atoms with E-state index < -0.39 is 0 Å². The summed E-state index contributed by atoms with van der Waals surface area (Å²) in [5.41, 5.74) is -0.00404. The standard InChI is InChI=1S/C17H12O6/c1-22-15-6-11-13(20)7-14(9-2-4-10(19)5-3-9)23-17(11)12(8-18)16(15)21/h2-8,19,21H,1H3. The molecule has 116 valence electrons. The van der Waals surface area contributed by atoms with E-state index in [1.54, 1.807) is 12.1 Å². The first-order chi connectivity index (χ1) is 11.0. The van der Waals surface area contributed by atoms with Crippen molar-refractivity contribution in [2.75, 3.05) is 7.11 Å². The van der Waals surface area contributed by atoms with Crippen molar-refractivity contribution in [3.05, 3.63) is 52.2 Å². The second kappa shape index (κ2) is 5.49. The molecule has 0 saturated carbocycles. The molecule has 0 amide bonds. The molecule has 0 fully saturated rings. The Balaban J connectivity index is 2.35. The number of hydrogen-bond donors (Lipinski definition) is 2. The molecule has 2 aromatic carbocycles. The molecule has 23 heavy (non-hydrogen) atoms. The monoisotopic (exact) mass is 312 g/mol. The quantitative estimate of drug-likeness (QED) is 0.722. The molecule has 6 nitrogen and oxygen atoms in total. The van der Waals surface area contributed by atoms with Gasteiger partial charge in [-0.2, -0.15) is 0 Å². The van der Waals surface area contributed by atoms with Gasteiger partial charge in [0.05, 0.1) is 12.5 Å². The summed E-state index contributed by atoms with van der Waals surface area (Å²) >= 11 is 0. The number of methoxy groups -OCH3 is 1. The average molecular weight is 312 g/mol. The van der Waals surface area contributed by atoms with Crippen molar-refractivity contribution < 1.29 is 24.2 Å². The Morgan fingerprint density at radius 2 is 1.83 bits per heavy atom. The first-order valence-electron chi connectivity index (χ1n) is 6.67. The summed E-state index contributed by atoms with van der Waals surface area (Å²) in [6, 6.07) is 8.65. The van der Waals surface area contributed by atoms with Crippen LogP contribution in [0.3, 0.4) is 0 Å². The molecule has 0 spiro atoms. The van der Waals surface area contributed by atoms with Crippen LogP contribution in [0, 0.1) is 0 Å². The van der Waals surface area contributed by atoms with E-state index in [2.05, 4.69) is 0 Å². The van der Waals surface area contributed by atoms with E-state index >= 15 is 0 Å². The van der Waals surface area contributed by atoms with E-state index in [4.69, 9.17) is 9.15 Å². The number of hydrogen-bond acceptors (Lipinski definition) is 6. The lowest BCUT2D eigenvalue weighted by molar-refractivity contribution is 0.112. The third kappa shape index (κ3) is 2.40. The number of carbonyl (C=O) groups is 1. The van der Waals surface area contributed by atoms with E-state index in [-0.39, 0.29) is 45.0 Å². The maximum absolute atomic E-state index is 12.3. The van der Waals surface area contributed by atoms with Crippen LogP contribution < -0.4 is 10.2 Å². The molecule has 0 aliphatic rings. The van der Waals surface area contributed by atoms with Crippen molar-refractivity contribution in [2.24, 2.45) is 0 Å². The third-order valence-corrected chi connectivity index (χ3v) is 3.48. The molecule has 0 aliphatic carbocycles. The molecule has 0 unspecified atom stereocenters. The van der Waals surface area contributed by atoms with Gasteiger partial charge >= 0.3 is 0 Å². The van der Waals surface area contributed by atoms with Crippen LogP contribution >= 0.6 is 0 Å². The number of ether oxygens (including phenoxy) is 1. The third-order valence-electron chi connectivity index (χ3n) is 3.48. The minimum absolute atomic E-state index is 0.0179. The molecule has 0 aliphatic heterocycles. The predicted molar refractivity (Wildman–Crippen MR) is 83.2 cm³/mol. The number of carbonyl (C=O) groups excluding carboxylic acids is 1. The second-order valence-electron chi connectivity index (χ2n) is 4.86. The number of rotatable bonds is 3. The van der Waals surface area contributed by atoms with Crippen LogP contribution in [0.15, 0.2) is 45.6 Å². The molecule has 1 aromatic heterocycles. The highest BCUT2D eigenvalue weighted by atomic mass is 16.5. The van der Waals surface area contributed by atoms with Crippen molar-refractivity contribution in [2.45, 2.75) is 0 Å². The molecular formula is C17H12O6. The molecule has 1 heterocycles. The van der Waals surface area contributed by atoms with E-state index in [9.17, 15) is 19.8 Å². The van der Waals surface area contributed by atoms with Gasteiger partial charge in [0, 0.05) is 11.6 Å². The highest BCUT2D eigenvalue weighted by Gasteiger charge is 2.18. The van der Waals surface area contributed by atoms with Crippen molar-refractivity contribution >= 4 is 17.3 Å². The van der Waals surface area contributed by atoms with Gasteiger partial charge in [-0.05, 0) is 30.3 Å². The van der Waals surface area contributed by atoms with Gasteiger partial charge in [0.15, 0.2) is 28.8 Å². The van der Waals surface area contributed by atoms with Crippen LogP contribution in [0.1, 0.15) is 10.4 Å². The Bertz CT molecular complexity index is 953. The maximum atomic E-state index is 12.3. The molecule has 0 atom stereocenters. The van der Waals surface area contributed by atoms with Gasteiger partial charge in [-0.3, -0.25) is 9.59 Å². The number of aromatic hydroxyl groups is 2. The first-order valence-corrected chi connectivity index (χ1v) is 6.67. The summed E-state index contributed by atoms with van der Waals surface area (Å²) in [4.78, 5) is 23.6. The van der Waals surface area contributed by atoms with Gasteiger partial charge in [0.25, 0.3) is 0 Å². The summed E-state index contributed by atoms with van der Waals surface area (Å²) < 4.78 is 10.6. The van der Waals surface area contributed by atoms with Gasteiger partial charge < -0.3 is 19.4 Å². The number of phenols is 2. The normalized spacial score (nSPS) is 10.7. The Hall–Kier alpha value is -3.28. The highest BCUT2D eigenvalue weighted by Crippen LogP contribution is 2.36. The second-order valence-corrected chi connectivity index (χ2v) is 4.86. The summed E-state index contributed by atoms with van der Waals surface area (Å²) in [7, 11) is 1.32. The van der Waals surface area contributed by atoms with Gasteiger partial charge in [0.1, 0.15) is 17.1 Å². The number of benzene rings is 2. The Labute approximate surface area is 130 Å². The maximum Gasteiger partial charge on any atom is 0.193 e. The largest absolute Gasteiger partial charge is 0.508 e. The number of fused-ring (bicyclic) bond motifs is 1. The fourth-order valence-corrected chi connectivity index (χ4v) is 2.31. The lowest BCUT2D eigenvalue weighted by Gasteiger charge is -2.09. The fourth-order valence-electron chi connectivity index (χ4n) is 2.31. The molecule has 3 rings (SSSR count). The minimum Gasteiger partial charge on any atom is -0.508 e. The van der Waals surface area contributed by atoms with Crippen LogP contribution in [0.4, 0.5) is 0 Å². The van der Waals surface area contributed by atoms with Crippen LogP contribution in [0.5, 0.6) is 17.2 Å². The van der Waals surface area contributed by atoms with Gasteiger partial charge in [-0.1, -0.05) is 0 Å². The van der Waals surface area contributed by atoms with E-state index in [0.717, 1.165) is 0 Å². The smallest absolute Gasteiger partial charge is 0.193 e. The summed E-state index contributed by atoms with van der Waals surface area (Å²) in [6.07, 6.45) is 0.406. The summed E-state index contributed by atoms with van der Waals surface area (Å²) in [6.45, 7) is 0. The molecular weight excluding hydrogens is 300 g/mol. The van der Waals surface area contributed by atoms with Crippen molar-refractivity contribution in [3.63, 3.8) is 0 Å². The Morgan fingerprint density at radius 3 is 2.43 bits per heavy atom. The van der Waals surface area contributed by atoms with Crippen LogP contribution in [0.2, 0.25) is 0 Å². The number of aldehydes is 1. The SMILES string of the molecule is COc1cc2c(=O)cc(-c3ccc(O)cc3)oc2c(C=O)c1O. The summed E-state index contributed by atoms with van der Waals surface area (Å²) in [5.74, 6) is -0.0756. The molecule has 6 heteroatoms. The highest BCUT2D eigenvalue weighted by molar-refractivity contribution is 5.99. The Kier molecular flexibility index (Phi) is 3.50. The van der Waals surface area contributed by atoms with Gasteiger partial charge in [-0.15, -0.1) is 0 Å². The van der Waals surface area contributed by atoms with E-state index in [0.29, 0.717) is 11.8 Å². The zero-order valence-corrected chi connectivity index (χ0v) is 12.1. The first kappa shape index (κ1) is 14.6. The van der Waals surface area contributed by atoms with Crippen molar-refractivity contribution in [1.82, 2.24) is 0 Å². The van der Waals surface area contributed by atoms with Crippen molar-refractivity contribution in [3.8, 4) is 28.6 Å². The average Bonchev–Trinajstić information content (AvgIpc) is 2.55. The molecule has 0 saturated heterocycles. The van der Waals surface area contributed by atoms with Gasteiger partial charge in [0.2, 0.25) is 0 Å². The Morgan fingerprint density at radius 1 is 1.13 bits per heavy atom. The lowest BCUT2D eigenvalue weighted by atomic mass is 10.1. The van der Waals surface area contributed by atoms with Crippen LogP contribution in [0.25, 0.3) is 22.3 Å². The molecule has 0 radical (unpaired) electrons. The van der Waals surface area contributed by atoms with Crippen LogP contribution in [-0.4, -0.2) is 23.6 Å². The van der Waals surface area contributed by atoms with Crippen LogP contribution in [-0.2, 0) is 0 Å². The summed E-state index contributed by atoms with van der Waals surface area (Å²) in [5, 5.41) is 19.5. The number of phenolic OH excluding ortho intramolecular Hbond substituents is 2.